The molecule has 0 amide bonds. The van der Waals surface area contributed by atoms with Gasteiger partial charge in [-0.2, -0.15) is 8.78 Å². The van der Waals surface area contributed by atoms with Gasteiger partial charge in [0.25, 0.3) is 12.5 Å². The summed E-state index contributed by atoms with van der Waals surface area (Å²) in [5.74, 6) is -6.73. The lowest BCUT2D eigenvalue weighted by Crippen LogP contribution is -1.99. The van der Waals surface area contributed by atoms with Gasteiger partial charge >= 0.3 is 0 Å². The lowest BCUT2D eigenvalue weighted by molar-refractivity contribution is 0.374. The Hall–Kier alpha value is -2.41. The Labute approximate surface area is 81.7 Å². The molecule has 0 unspecified atom stereocenters. The molecular formula is C8HF3N2O2. The zero-order valence-electron chi connectivity index (χ0n) is 6.92. The first-order valence-corrected chi connectivity index (χ1v) is 3.41. The number of benzene rings is 1. The summed E-state index contributed by atoms with van der Waals surface area (Å²) < 4.78 is 46.6. The van der Waals surface area contributed by atoms with E-state index in [4.69, 9.17) is 10.5 Å². The number of hydrogen-bond donors (Lipinski definition) is 0. The maximum atomic E-state index is 13.1. The smallest absolute Gasteiger partial charge is 0.292 e. The molecule has 0 N–H and O–H groups in total. The van der Waals surface area contributed by atoms with Gasteiger partial charge in [-0.3, -0.25) is 0 Å². The van der Waals surface area contributed by atoms with Crippen molar-refractivity contribution in [1.82, 2.24) is 0 Å². The van der Waals surface area contributed by atoms with E-state index in [9.17, 15) is 13.2 Å². The van der Waals surface area contributed by atoms with Gasteiger partial charge in [-0.1, -0.05) is 0 Å². The quantitative estimate of drug-likeness (QED) is 0.556. The second-order valence-corrected chi connectivity index (χ2v) is 2.20. The fraction of sp³-hybridized carbons (Fsp3) is 0. The Kier molecular flexibility index (Phi) is 2.99. The number of nitriles is 2. The van der Waals surface area contributed by atoms with Gasteiger partial charge in [-0.15, -0.1) is 10.5 Å². The van der Waals surface area contributed by atoms with E-state index in [0.29, 0.717) is 6.07 Å². The normalized spacial score (nSPS) is 8.87. The number of halogens is 3. The highest BCUT2D eigenvalue weighted by Gasteiger charge is 2.22. The fourth-order valence-electron chi connectivity index (χ4n) is 0.817. The van der Waals surface area contributed by atoms with Crippen molar-refractivity contribution in [3.63, 3.8) is 0 Å². The summed E-state index contributed by atoms with van der Waals surface area (Å²) >= 11 is 0. The molecule has 7 heteroatoms. The molecule has 0 aliphatic rings. The fourth-order valence-corrected chi connectivity index (χ4v) is 0.817. The summed E-state index contributed by atoms with van der Waals surface area (Å²) in [6.45, 7) is 0. The molecular weight excluding hydrogens is 213 g/mol. The van der Waals surface area contributed by atoms with Crippen LogP contribution in [0.15, 0.2) is 6.07 Å². The molecule has 0 spiro atoms. The van der Waals surface area contributed by atoms with Gasteiger partial charge < -0.3 is 9.47 Å². The molecule has 0 saturated carbocycles. The van der Waals surface area contributed by atoms with Crippen molar-refractivity contribution in [3.05, 3.63) is 23.5 Å². The van der Waals surface area contributed by atoms with Crippen molar-refractivity contribution in [1.29, 1.82) is 10.5 Å². The minimum absolute atomic E-state index is 0.331. The number of ether oxygens (including phenoxy) is 2. The average molecular weight is 214 g/mol. The summed E-state index contributed by atoms with van der Waals surface area (Å²) in [5.41, 5.74) is 0. The van der Waals surface area contributed by atoms with E-state index in [1.165, 1.54) is 0 Å². The third-order valence-corrected chi connectivity index (χ3v) is 1.39. The summed E-state index contributed by atoms with van der Waals surface area (Å²) in [6, 6.07) is 0.331. The number of rotatable bonds is 2. The van der Waals surface area contributed by atoms with Gasteiger partial charge in [-0.05, 0) is 0 Å². The third kappa shape index (κ3) is 1.92. The largest absolute Gasteiger partial charge is 0.385 e. The second-order valence-electron chi connectivity index (χ2n) is 2.20. The first-order chi connectivity index (χ1) is 7.11. The van der Waals surface area contributed by atoms with Crippen LogP contribution < -0.4 is 9.47 Å². The van der Waals surface area contributed by atoms with Gasteiger partial charge in [0.05, 0.1) is 0 Å². The number of hydrogen-bond acceptors (Lipinski definition) is 4. The zero-order chi connectivity index (χ0) is 11.4. The first-order valence-electron chi connectivity index (χ1n) is 3.41. The van der Waals surface area contributed by atoms with E-state index in [1.54, 1.807) is 0 Å². The van der Waals surface area contributed by atoms with Crippen LogP contribution in [-0.4, -0.2) is 0 Å². The highest BCUT2D eigenvalue weighted by Crippen LogP contribution is 2.31. The minimum atomic E-state index is -1.67. The molecule has 1 aromatic carbocycles. The Balaban J connectivity index is 3.37. The van der Waals surface area contributed by atoms with Crippen LogP contribution >= 0.6 is 0 Å². The molecule has 0 bridgehead atoms. The third-order valence-electron chi connectivity index (χ3n) is 1.39. The molecule has 4 nitrogen and oxygen atoms in total. The molecule has 0 radical (unpaired) electrons. The van der Waals surface area contributed by atoms with Crippen LogP contribution in [0.1, 0.15) is 0 Å². The predicted octanol–water partition coefficient (Wildman–Crippen LogP) is 1.82. The van der Waals surface area contributed by atoms with Crippen molar-refractivity contribution < 1.29 is 22.6 Å². The van der Waals surface area contributed by atoms with Gasteiger partial charge in [0.15, 0.2) is 11.6 Å². The topological polar surface area (TPSA) is 66.0 Å². The first kappa shape index (κ1) is 10.7. The molecule has 0 atom stereocenters. The molecule has 0 heterocycles. The van der Waals surface area contributed by atoms with Crippen LogP contribution in [-0.2, 0) is 0 Å². The maximum absolute atomic E-state index is 13.1. The molecule has 1 rings (SSSR count). The minimum Gasteiger partial charge on any atom is -0.385 e. The SMILES string of the molecule is N#COc1cc(F)c(F)c(OC#N)c1F. The van der Waals surface area contributed by atoms with E-state index < -0.39 is 29.0 Å². The summed E-state index contributed by atoms with van der Waals surface area (Å²) in [7, 11) is 0. The van der Waals surface area contributed by atoms with Gasteiger partial charge in [0, 0.05) is 6.07 Å². The van der Waals surface area contributed by atoms with Gasteiger partial charge in [-0.25, -0.2) is 4.39 Å². The zero-order valence-corrected chi connectivity index (χ0v) is 6.92. The average Bonchev–Trinajstić information content (AvgIpc) is 2.21. The Morgan fingerprint density at radius 2 is 1.60 bits per heavy atom. The Morgan fingerprint density at radius 1 is 1.00 bits per heavy atom. The van der Waals surface area contributed by atoms with Crippen molar-refractivity contribution in [2.75, 3.05) is 0 Å². The van der Waals surface area contributed by atoms with E-state index in [-0.39, 0.29) is 0 Å². The molecule has 0 fully saturated rings. The van der Waals surface area contributed by atoms with Crippen molar-refractivity contribution >= 4 is 0 Å². The lowest BCUT2D eigenvalue weighted by Gasteiger charge is -2.04. The highest BCUT2D eigenvalue weighted by atomic mass is 19.2. The maximum Gasteiger partial charge on any atom is 0.292 e. The summed E-state index contributed by atoms with van der Waals surface area (Å²) in [5, 5.41) is 16.1. The van der Waals surface area contributed by atoms with Crippen molar-refractivity contribution in [3.8, 4) is 24.0 Å². The Bertz CT molecular complexity index is 476. The standard InChI is InChI=1S/C8HF3N2O2/c9-4-1-5(14-2-12)7(11)8(6(4)10)15-3-13/h1H. The van der Waals surface area contributed by atoms with Crippen molar-refractivity contribution in [2.24, 2.45) is 0 Å². The molecule has 0 aliphatic carbocycles. The van der Waals surface area contributed by atoms with Gasteiger partial charge in [0.2, 0.25) is 17.4 Å². The molecule has 1 aromatic rings. The van der Waals surface area contributed by atoms with Crippen LogP contribution in [0.25, 0.3) is 0 Å². The van der Waals surface area contributed by atoms with Crippen LogP contribution in [0.2, 0.25) is 0 Å². The van der Waals surface area contributed by atoms with E-state index in [1.807, 2.05) is 0 Å². The van der Waals surface area contributed by atoms with E-state index >= 15 is 0 Å². The molecule has 15 heavy (non-hydrogen) atoms. The van der Waals surface area contributed by atoms with Crippen molar-refractivity contribution in [2.45, 2.75) is 0 Å². The summed E-state index contributed by atoms with van der Waals surface area (Å²) in [6.07, 6.45) is 2.05. The molecule has 0 aromatic heterocycles. The second kappa shape index (κ2) is 4.20. The van der Waals surface area contributed by atoms with Crippen LogP contribution in [0, 0.1) is 40.5 Å². The molecule has 0 aliphatic heterocycles. The van der Waals surface area contributed by atoms with Crippen LogP contribution in [0.3, 0.4) is 0 Å². The highest BCUT2D eigenvalue weighted by molar-refractivity contribution is 5.39. The Morgan fingerprint density at radius 3 is 2.13 bits per heavy atom. The van der Waals surface area contributed by atoms with Crippen LogP contribution in [0.4, 0.5) is 13.2 Å². The molecule has 0 saturated heterocycles. The van der Waals surface area contributed by atoms with Gasteiger partial charge in [0.1, 0.15) is 0 Å². The lowest BCUT2D eigenvalue weighted by atomic mass is 10.3. The van der Waals surface area contributed by atoms with Crippen LogP contribution in [0.5, 0.6) is 11.5 Å². The number of nitrogens with zero attached hydrogens (tertiary/aromatic N) is 2. The molecule has 76 valence electrons. The van der Waals surface area contributed by atoms with E-state index in [0.717, 1.165) is 12.5 Å². The summed E-state index contributed by atoms with van der Waals surface area (Å²) in [4.78, 5) is 0. The predicted molar refractivity (Wildman–Crippen MR) is 38.8 cm³/mol. The van der Waals surface area contributed by atoms with E-state index in [2.05, 4.69) is 9.47 Å². The monoisotopic (exact) mass is 214 g/mol.